The summed E-state index contributed by atoms with van der Waals surface area (Å²) < 4.78 is 4.20. The molecule has 0 saturated carbocycles. The van der Waals surface area contributed by atoms with E-state index in [0.29, 0.717) is 0 Å². The van der Waals surface area contributed by atoms with Crippen molar-refractivity contribution in [2.24, 2.45) is 0 Å². The Morgan fingerprint density at radius 1 is 1.24 bits per heavy atom. The molecule has 17 heavy (non-hydrogen) atoms. The normalized spacial score (nSPS) is 11.4. The van der Waals surface area contributed by atoms with E-state index in [1.54, 1.807) is 0 Å². The van der Waals surface area contributed by atoms with E-state index in [0.717, 1.165) is 0 Å². The number of esters is 1. The fraction of sp³-hybridized carbons (Fsp3) is 0.300. The summed E-state index contributed by atoms with van der Waals surface area (Å²) in [4.78, 5) is 32.3. The van der Waals surface area contributed by atoms with Crippen LogP contribution in [0.5, 0.6) is 0 Å². The minimum absolute atomic E-state index is 0.183. The molecule has 0 aliphatic heterocycles. The van der Waals surface area contributed by atoms with Crippen LogP contribution in [0.1, 0.15) is 13.3 Å². The van der Waals surface area contributed by atoms with Crippen molar-refractivity contribution in [1.29, 1.82) is 0 Å². The summed E-state index contributed by atoms with van der Waals surface area (Å²) >= 11 is 2.65. The zero-order chi connectivity index (χ0) is 13.6. The molecule has 0 aliphatic carbocycles. The van der Waals surface area contributed by atoms with Crippen LogP contribution in [0.4, 0.5) is 0 Å². The van der Waals surface area contributed by atoms with E-state index in [2.05, 4.69) is 27.2 Å². The summed E-state index contributed by atoms with van der Waals surface area (Å²) in [6, 6.07) is 0. The minimum Gasteiger partial charge on any atom is -0.478 e. The molecule has 0 radical (unpaired) electrons. The van der Waals surface area contributed by atoms with Crippen LogP contribution in [0, 0.1) is 0 Å². The topological polar surface area (TPSA) is 101 Å². The Kier molecular flexibility index (Phi) is 6.19. The SMILES string of the molecule is C=C(C)C(=O)OCC/C(C(=O)O)=C(\Br)C(=O)O. The van der Waals surface area contributed by atoms with Gasteiger partial charge in [0.1, 0.15) is 4.48 Å². The summed E-state index contributed by atoms with van der Waals surface area (Å²) in [7, 11) is 0. The lowest BCUT2D eigenvalue weighted by atomic mass is 10.2. The lowest BCUT2D eigenvalue weighted by Gasteiger charge is -2.05. The molecule has 0 aromatic rings. The van der Waals surface area contributed by atoms with Gasteiger partial charge in [-0.25, -0.2) is 14.4 Å². The fourth-order valence-electron chi connectivity index (χ4n) is 0.809. The van der Waals surface area contributed by atoms with Crippen LogP contribution in [-0.4, -0.2) is 34.7 Å². The van der Waals surface area contributed by atoms with Crippen molar-refractivity contribution in [3.63, 3.8) is 0 Å². The molecular formula is C10H11BrO6. The first-order valence-electron chi connectivity index (χ1n) is 4.45. The van der Waals surface area contributed by atoms with Crippen molar-refractivity contribution in [2.45, 2.75) is 13.3 Å². The van der Waals surface area contributed by atoms with Gasteiger partial charge in [0.2, 0.25) is 0 Å². The van der Waals surface area contributed by atoms with E-state index in [1.165, 1.54) is 6.92 Å². The average Bonchev–Trinajstić information content (AvgIpc) is 2.22. The van der Waals surface area contributed by atoms with Gasteiger partial charge >= 0.3 is 17.9 Å². The number of aliphatic carboxylic acids is 2. The van der Waals surface area contributed by atoms with Gasteiger partial charge in [-0.3, -0.25) is 0 Å². The van der Waals surface area contributed by atoms with Crippen molar-refractivity contribution >= 4 is 33.8 Å². The summed E-state index contributed by atoms with van der Waals surface area (Å²) in [6.07, 6.45) is -0.207. The molecule has 0 atom stereocenters. The molecule has 94 valence electrons. The fourth-order valence-corrected chi connectivity index (χ4v) is 1.18. The van der Waals surface area contributed by atoms with Gasteiger partial charge in [-0.05, 0) is 22.9 Å². The van der Waals surface area contributed by atoms with Crippen LogP contribution in [0.25, 0.3) is 0 Å². The number of hydrogen-bond donors (Lipinski definition) is 2. The van der Waals surface area contributed by atoms with Gasteiger partial charge in [-0.2, -0.15) is 0 Å². The first-order chi connectivity index (χ1) is 7.77. The molecule has 0 saturated heterocycles. The number of rotatable bonds is 6. The van der Waals surface area contributed by atoms with Crippen LogP contribution in [0.15, 0.2) is 22.2 Å². The number of carbonyl (C=O) groups is 3. The largest absolute Gasteiger partial charge is 0.478 e. The van der Waals surface area contributed by atoms with Crippen molar-refractivity contribution in [2.75, 3.05) is 6.61 Å². The second kappa shape index (κ2) is 6.85. The predicted octanol–water partition coefficient (Wildman–Crippen LogP) is 1.31. The number of carbonyl (C=O) groups excluding carboxylic acids is 1. The quantitative estimate of drug-likeness (QED) is 0.567. The third-order valence-electron chi connectivity index (χ3n) is 1.64. The van der Waals surface area contributed by atoms with Crippen molar-refractivity contribution < 1.29 is 29.3 Å². The minimum atomic E-state index is -1.39. The Bertz CT molecular complexity index is 396. The molecule has 0 aliphatic rings. The highest BCUT2D eigenvalue weighted by molar-refractivity contribution is 9.12. The van der Waals surface area contributed by atoms with Gasteiger partial charge in [0.15, 0.2) is 0 Å². The summed E-state index contributed by atoms with van der Waals surface area (Å²) in [5, 5.41) is 17.4. The van der Waals surface area contributed by atoms with Gasteiger partial charge in [0, 0.05) is 12.0 Å². The monoisotopic (exact) mass is 306 g/mol. The highest BCUT2D eigenvalue weighted by Crippen LogP contribution is 2.16. The molecule has 0 aromatic carbocycles. The first-order valence-corrected chi connectivity index (χ1v) is 5.24. The van der Waals surface area contributed by atoms with Crippen LogP contribution in [0.3, 0.4) is 0 Å². The maximum Gasteiger partial charge on any atom is 0.343 e. The Balaban J connectivity index is 4.57. The van der Waals surface area contributed by atoms with Crippen molar-refractivity contribution in [3.8, 4) is 0 Å². The maximum atomic E-state index is 11.0. The molecule has 6 nitrogen and oxygen atoms in total. The number of hydrogen-bond acceptors (Lipinski definition) is 4. The zero-order valence-electron chi connectivity index (χ0n) is 9.03. The van der Waals surface area contributed by atoms with Crippen molar-refractivity contribution in [1.82, 2.24) is 0 Å². The van der Waals surface area contributed by atoms with Gasteiger partial charge in [0.05, 0.1) is 12.2 Å². The predicted molar refractivity (Wildman–Crippen MR) is 61.6 cm³/mol. The first kappa shape index (κ1) is 15.4. The van der Waals surface area contributed by atoms with E-state index in [-0.39, 0.29) is 24.2 Å². The van der Waals surface area contributed by atoms with Gasteiger partial charge in [-0.1, -0.05) is 6.58 Å². The number of halogens is 1. The molecule has 0 heterocycles. The zero-order valence-corrected chi connectivity index (χ0v) is 10.6. The standard InChI is InChI=1S/C10H11BrO6/c1-5(2)10(16)17-4-3-6(8(12)13)7(11)9(14)15/h1,3-4H2,2H3,(H,12,13)(H,14,15)/b7-6+. The molecule has 2 N–H and O–H groups in total. The van der Waals surface area contributed by atoms with Gasteiger partial charge in [-0.15, -0.1) is 0 Å². The third-order valence-corrected chi connectivity index (χ3v) is 2.46. The lowest BCUT2D eigenvalue weighted by molar-refractivity contribution is -0.140. The maximum absolute atomic E-state index is 11.0. The smallest absolute Gasteiger partial charge is 0.343 e. The molecule has 0 aromatic heterocycles. The summed E-state index contributed by atoms with van der Waals surface area (Å²) in [6.45, 7) is 4.57. The van der Waals surface area contributed by atoms with Gasteiger partial charge < -0.3 is 14.9 Å². The third kappa shape index (κ3) is 5.30. The van der Waals surface area contributed by atoms with Crippen LogP contribution >= 0.6 is 15.9 Å². The summed E-state index contributed by atoms with van der Waals surface area (Å²) in [5.74, 6) is -3.43. The average molecular weight is 307 g/mol. The van der Waals surface area contributed by atoms with Gasteiger partial charge in [0.25, 0.3) is 0 Å². The molecule has 7 heteroatoms. The van der Waals surface area contributed by atoms with E-state index in [9.17, 15) is 14.4 Å². The highest BCUT2D eigenvalue weighted by Gasteiger charge is 2.18. The number of carboxylic acids is 2. The molecule has 0 unspecified atom stereocenters. The molecule has 0 spiro atoms. The number of carboxylic acid groups (broad SMARTS) is 2. The van der Waals surface area contributed by atoms with E-state index >= 15 is 0 Å². The Labute approximate surface area is 106 Å². The molecule has 0 fully saturated rings. The van der Waals surface area contributed by atoms with Crippen LogP contribution < -0.4 is 0 Å². The van der Waals surface area contributed by atoms with E-state index < -0.39 is 22.4 Å². The number of ether oxygens (including phenoxy) is 1. The Morgan fingerprint density at radius 3 is 2.12 bits per heavy atom. The van der Waals surface area contributed by atoms with Crippen molar-refractivity contribution in [3.05, 3.63) is 22.2 Å². The van der Waals surface area contributed by atoms with Crippen LogP contribution in [0.2, 0.25) is 0 Å². The van der Waals surface area contributed by atoms with Crippen LogP contribution in [-0.2, 0) is 19.1 Å². The molecule has 0 bridgehead atoms. The van der Waals surface area contributed by atoms with E-state index in [1.807, 2.05) is 0 Å². The Hall–Kier alpha value is -1.63. The van der Waals surface area contributed by atoms with E-state index in [4.69, 9.17) is 10.2 Å². The second-order valence-electron chi connectivity index (χ2n) is 3.07. The molecule has 0 rings (SSSR count). The molecular weight excluding hydrogens is 296 g/mol. The Morgan fingerprint density at radius 2 is 1.76 bits per heavy atom. The second-order valence-corrected chi connectivity index (χ2v) is 3.86. The summed E-state index contributed by atoms with van der Waals surface area (Å²) in [5.41, 5.74) is -0.185. The highest BCUT2D eigenvalue weighted by atomic mass is 79.9. The lowest BCUT2D eigenvalue weighted by Crippen LogP contribution is -2.12. The molecule has 0 amide bonds.